The number of nitrogens with zero attached hydrogens (tertiary/aromatic N) is 5. The molecular weight excluding hydrogens is 513 g/mol. The highest BCUT2D eigenvalue weighted by molar-refractivity contribution is 7.25. The summed E-state index contributed by atoms with van der Waals surface area (Å²) in [6.45, 7) is 0. The molecule has 6 rings (SSSR count). The first kappa shape index (κ1) is 22.5. The molecule has 174 valence electrons. The van der Waals surface area contributed by atoms with Crippen LogP contribution in [0.4, 0.5) is 0 Å². The Labute approximate surface area is 219 Å². The van der Waals surface area contributed by atoms with E-state index in [1.807, 2.05) is 60.7 Å². The van der Waals surface area contributed by atoms with Gasteiger partial charge in [-0.1, -0.05) is 89.9 Å². The molecule has 3 aromatic carbocycles. The molecule has 0 amide bonds. The maximum absolute atomic E-state index is 13.4. The van der Waals surface area contributed by atoms with Gasteiger partial charge in [0.15, 0.2) is 0 Å². The summed E-state index contributed by atoms with van der Waals surface area (Å²) in [5, 5.41) is 15.1. The van der Waals surface area contributed by atoms with Gasteiger partial charge in [-0.2, -0.15) is 9.78 Å². The number of hydrogen-bond acceptors (Lipinski definition) is 6. The molecule has 6 aromatic rings. The molecule has 0 radical (unpaired) electrons. The Bertz CT molecular complexity index is 1830. The first-order valence-electron chi connectivity index (χ1n) is 10.9. The third-order valence-electron chi connectivity index (χ3n) is 5.68. The van der Waals surface area contributed by atoms with Gasteiger partial charge in [0.05, 0.1) is 16.8 Å². The van der Waals surface area contributed by atoms with Crippen LogP contribution in [0.2, 0.25) is 10.0 Å². The Balaban J connectivity index is 1.57. The van der Waals surface area contributed by atoms with Gasteiger partial charge in [0.25, 0.3) is 5.56 Å². The van der Waals surface area contributed by atoms with Gasteiger partial charge in [0, 0.05) is 27.1 Å². The van der Waals surface area contributed by atoms with E-state index in [2.05, 4.69) is 20.3 Å². The predicted octanol–water partition coefficient (Wildman–Crippen LogP) is 6.92. The van der Waals surface area contributed by atoms with Crippen LogP contribution in [-0.4, -0.2) is 26.1 Å². The third kappa shape index (κ3) is 3.97. The van der Waals surface area contributed by atoms with Gasteiger partial charge in [-0.25, -0.2) is 4.98 Å². The second kappa shape index (κ2) is 9.28. The summed E-state index contributed by atoms with van der Waals surface area (Å²) in [7, 11) is 0. The summed E-state index contributed by atoms with van der Waals surface area (Å²) in [6.07, 6.45) is 2.91. The highest BCUT2D eigenvalue weighted by atomic mass is 35.5. The smallest absolute Gasteiger partial charge is 0.266 e. The SMILES string of the molecule is O=c1c2sc3nnc(-c4ccccc4)c(-c4ccccc4)c3c2ncn1N=Cc1ccc(Cl)cc1Cl. The molecule has 0 unspecified atom stereocenters. The lowest BCUT2D eigenvalue weighted by Crippen LogP contribution is -2.15. The number of rotatable bonds is 4. The van der Waals surface area contributed by atoms with Gasteiger partial charge >= 0.3 is 0 Å². The van der Waals surface area contributed by atoms with E-state index in [0.717, 1.165) is 27.8 Å². The average molecular weight is 528 g/mol. The van der Waals surface area contributed by atoms with E-state index in [-0.39, 0.29) is 5.56 Å². The van der Waals surface area contributed by atoms with Crippen LogP contribution < -0.4 is 5.56 Å². The molecular formula is C27H15Cl2N5OS. The van der Waals surface area contributed by atoms with Crippen molar-refractivity contribution in [3.8, 4) is 22.4 Å². The van der Waals surface area contributed by atoms with Gasteiger partial charge in [-0.3, -0.25) is 4.79 Å². The normalized spacial score (nSPS) is 11.6. The zero-order chi connectivity index (χ0) is 24.6. The Kier molecular flexibility index (Phi) is 5.81. The standard InChI is InChI=1S/C27H15Cl2N5OS/c28-19-12-11-18(20(29)13-19)14-31-34-15-30-24-22-21(16-7-3-1-4-8-16)23(17-9-5-2-6-10-17)32-33-26(22)36-25(24)27(34)35/h1-15H. The summed E-state index contributed by atoms with van der Waals surface area (Å²) in [5.41, 5.74) is 4.43. The number of benzene rings is 3. The van der Waals surface area contributed by atoms with Crippen LogP contribution in [0.3, 0.4) is 0 Å². The van der Waals surface area contributed by atoms with Crippen molar-refractivity contribution < 1.29 is 0 Å². The van der Waals surface area contributed by atoms with E-state index >= 15 is 0 Å². The maximum Gasteiger partial charge on any atom is 0.291 e. The molecule has 0 aliphatic rings. The Hall–Kier alpha value is -3.91. The van der Waals surface area contributed by atoms with Gasteiger partial charge in [0.2, 0.25) is 0 Å². The van der Waals surface area contributed by atoms with Gasteiger partial charge in [-0.05, 0) is 17.7 Å². The van der Waals surface area contributed by atoms with E-state index in [9.17, 15) is 4.79 Å². The highest BCUT2D eigenvalue weighted by Crippen LogP contribution is 2.41. The Morgan fingerprint density at radius 2 is 1.61 bits per heavy atom. The number of aromatic nitrogens is 4. The zero-order valence-corrected chi connectivity index (χ0v) is 20.8. The molecule has 0 bridgehead atoms. The summed E-state index contributed by atoms with van der Waals surface area (Å²) >= 11 is 13.5. The Morgan fingerprint density at radius 3 is 2.33 bits per heavy atom. The minimum absolute atomic E-state index is 0.301. The van der Waals surface area contributed by atoms with Crippen LogP contribution in [0.15, 0.2) is 95.1 Å². The van der Waals surface area contributed by atoms with Crippen molar-refractivity contribution in [2.24, 2.45) is 5.10 Å². The largest absolute Gasteiger partial charge is 0.291 e. The lowest BCUT2D eigenvalue weighted by molar-refractivity contribution is 0.819. The molecule has 0 saturated carbocycles. The molecule has 0 aliphatic heterocycles. The van der Waals surface area contributed by atoms with Crippen LogP contribution in [0.5, 0.6) is 0 Å². The van der Waals surface area contributed by atoms with Crippen LogP contribution in [-0.2, 0) is 0 Å². The predicted molar refractivity (Wildman–Crippen MR) is 147 cm³/mol. The lowest BCUT2D eigenvalue weighted by atomic mass is 9.97. The summed E-state index contributed by atoms with van der Waals surface area (Å²) in [5.74, 6) is 0. The summed E-state index contributed by atoms with van der Waals surface area (Å²) in [4.78, 5) is 18.7. The second-order valence-corrected chi connectivity index (χ2v) is 9.76. The first-order valence-corrected chi connectivity index (χ1v) is 12.5. The molecule has 6 nitrogen and oxygen atoms in total. The first-order chi connectivity index (χ1) is 17.6. The minimum Gasteiger partial charge on any atom is -0.266 e. The molecule has 3 heterocycles. The van der Waals surface area contributed by atoms with Crippen molar-refractivity contribution in [1.82, 2.24) is 19.9 Å². The van der Waals surface area contributed by atoms with Crippen molar-refractivity contribution in [3.63, 3.8) is 0 Å². The molecule has 0 N–H and O–H groups in total. The fourth-order valence-corrected chi connectivity index (χ4v) is 5.47. The third-order valence-corrected chi connectivity index (χ3v) is 7.30. The van der Waals surface area contributed by atoms with Gasteiger partial charge in [-0.15, -0.1) is 21.5 Å². The van der Waals surface area contributed by atoms with E-state index in [4.69, 9.17) is 23.2 Å². The highest BCUT2D eigenvalue weighted by Gasteiger charge is 2.21. The quantitative estimate of drug-likeness (QED) is 0.233. The van der Waals surface area contributed by atoms with E-state index < -0.39 is 0 Å². The topological polar surface area (TPSA) is 73.0 Å². The van der Waals surface area contributed by atoms with Crippen molar-refractivity contribution in [2.45, 2.75) is 0 Å². The van der Waals surface area contributed by atoms with E-state index in [1.54, 1.807) is 18.2 Å². The van der Waals surface area contributed by atoms with Crippen LogP contribution >= 0.6 is 34.5 Å². The molecule has 9 heteroatoms. The van der Waals surface area contributed by atoms with E-state index in [1.165, 1.54) is 28.6 Å². The van der Waals surface area contributed by atoms with Crippen molar-refractivity contribution >= 4 is 61.2 Å². The summed E-state index contributed by atoms with van der Waals surface area (Å²) < 4.78 is 1.64. The lowest BCUT2D eigenvalue weighted by Gasteiger charge is -2.10. The molecule has 0 fully saturated rings. The van der Waals surface area contributed by atoms with Crippen LogP contribution in [0.25, 0.3) is 42.8 Å². The van der Waals surface area contributed by atoms with Gasteiger partial charge < -0.3 is 0 Å². The fourth-order valence-electron chi connectivity index (χ4n) is 4.00. The number of halogens is 2. The average Bonchev–Trinajstić information content (AvgIpc) is 3.29. The second-order valence-electron chi connectivity index (χ2n) is 7.92. The number of thiophene rings is 1. The molecule has 0 spiro atoms. The van der Waals surface area contributed by atoms with Crippen molar-refractivity contribution in [1.29, 1.82) is 0 Å². The monoisotopic (exact) mass is 527 g/mol. The number of fused-ring (bicyclic) bond motifs is 3. The van der Waals surface area contributed by atoms with E-state index in [0.29, 0.717) is 30.7 Å². The molecule has 0 aliphatic carbocycles. The Morgan fingerprint density at radius 1 is 0.889 bits per heavy atom. The number of hydrogen-bond donors (Lipinski definition) is 0. The van der Waals surface area contributed by atoms with Crippen molar-refractivity contribution in [2.75, 3.05) is 0 Å². The molecule has 0 atom stereocenters. The zero-order valence-electron chi connectivity index (χ0n) is 18.5. The molecule has 0 saturated heterocycles. The van der Waals surface area contributed by atoms with Crippen LogP contribution in [0.1, 0.15) is 5.56 Å². The molecule has 3 aromatic heterocycles. The maximum atomic E-state index is 13.4. The van der Waals surface area contributed by atoms with Gasteiger partial charge in [0.1, 0.15) is 21.6 Å². The molecule has 36 heavy (non-hydrogen) atoms. The fraction of sp³-hybridized carbons (Fsp3) is 0. The summed E-state index contributed by atoms with van der Waals surface area (Å²) in [6, 6.07) is 24.9. The van der Waals surface area contributed by atoms with Crippen molar-refractivity contribution in [3.05, 3.63) is 111 Å². The minimum atomic E-state index is -0.301. The van der Waals surface area contributed by atoms with Crippen LogP contribution in [0, 0.1) is 0 Å².